The SMILES string of the molecule is CC(=O)Nc1ccc(CC2CCCCN2CCCc2c[nH]c3ccc(-n4cnnc4)cc23)cc1. The summed E-state index contributed by atoms with van der Waals surface area (Å²) in [6.45, 7) is 3.84. The van der Waals surface area contributed by atoms with Crippen molar-refractivity contribution in [3.05, 3.63) is 72.4 Å². The van der Waals surface area contributed by atoms with Gasteiger partial charge in [-0.1, -0.05) is 18.6 Å². The Morgan fingerprint density at radius 1 is 1.12 bits per heavy atom. The predicted molar refractivity (Wildman–Crippen MR) is 135 cm³/mol. The Labute approximate surface area is 200 Å². The van der Waals surface area contributed by atoms with E-state index in [0.29, 0.717) is 6.04 Å². The van der Waals surface area contributed by atoms with Crippen LogP contribution in [0.2, 0.25) is 0 Å². The van der Waals surface area contributed by atoms with E-state index in [1.165, 1.54) is 47.8 Å². The zero-order chi connectivity index (χ0) is 23.3. The molecule has 1 aliphatic rings. The fourth-order valence-corrected chi connectivity index (χ4v) is 5.13. The molecule has 1 unspecified atom stereocenters. The minimum Gasteiger partial charge on any atom is -0.361 e. The molecule has 0 aliphatic carbocycles. The van der Waals surface area contributed by atoms with Crippen molar-refractivity contribution in [2.75, 3.05) is 18.4 Å². The molecule has 0 spiro atoms. The number of anilines is 1. The lowest BCUT2D eigenvalue weighted by atomic mass is 9.95. The van der Waals surface area contributed by atoms with Gasteiger partial charge in [0, 0.05) is 41.4 Å². The van der Waals surface area contributed by atoms with Crippen molar-refractivity contribution in [1.29, 1.82) is 0 Å². The monoisotopic (exact) mass is 456 g/mol. The first-order valence-corrected chi connectivity index (χ1v) is 12.2. The van der Waals surface area contributed by atoms with Crippen LogP contribution in [-0.2, 0) is 17.6 Å². The molecule has 1 amide bonds. The maximum absolute atomic E-state index is 11.3. The molecule has 0 bridgehead atoms. The minimum absolute atomic E-state index is 0.0311. The normalized spacial score (nSPS) is 16.7. The van der Waals surface area contributed by atoms with Crippen LogP contribution in [-0.4, -0.2) is 49.7 Å². The molecule has 1 aliphatic heterocycles. The Morgan fingerprint density at radius 3 is 2.74 bits per heavy atom. The van der Waals surface area contributed by atoms with Gasteiger partial charge in [-0.3, -0.25) is 9.36 Å². The number of rotatable bonds is 8. The summed E-state index contributed by atoms with van der Waals surface area (Å²) in [4.78, 5) is 17.4. The maximum atomic E-state index is 11.3. The molecule has 7 nitrogen and oxygen atoms in total. The van der Waals surface area contributed by atoms with E-state index in [1.807, 2.05) is 16.7 Å². The second-order valence-corrected chi connectivity index (χ2v) is 9.28. The number of carbonyl (C=O) groups is 1. The average Bonchev–Trinajstić information content (AvgIpc) is 3.51. The van der Waals surface area contributed by atoms with E-state index in [4.69, 9.17) is 0 Å². The van der Waals surface area contributed by atoms with Gasteiger partial charge in [0.05, 0.1) is 0 Å². The van der Waals surface area contributed by atoms with Crippen molar-refractivity contribution in [1.82, 2.24) is 24.6 Å². The van der Waals surface area contributed by atoms with Crippen molar-refractivity contribution < 1.29 is 4.79 Å². The molecule has 0 saturated carbocycles. The first kappa shape index (κ1) is 22.3. The number of aromatic amines is 1. The van der Waals surface area contributed by atoms with Gasteiger partial charge in [-0.15, -0.1) is 10.2 Å². The van der Waals surface area contributed by atoms with Crippen LogP contribution in [0.1, 0.15) is 43.7 Å². The summed E-state index contributed by atoms with van der Waals surface area (Å²) in [6, 6.07) is 15.3. The average molecular weight is 457 g/mol. The van der Waals surface area contributed by atoms with Gasteiger partial charge in [-0.25, -0.2) is 0 Å². The number of aryl methyl sites for hydroxylation is 1. The van der Waals surface area contributed by atoms with Gasteiger partial charge in [0.2, 0.25) is 5.91 Å². The van der Waals surface area contributed by atoms with Crippen LogP contribution < -0.4 is 5.32 Å². The Kier molecular flexibility index (Phi) is 6.72. The Bertz CT molecular complexity index is 1230. The molecule has 2 N–H and O–H groups in total. The van der Waals surface area contributed by atoms with Gasteiger partial charge in [0.1, 0.15) is 12.7 Å². The molecular weight excluding hydrogens is 424 g/mol. The Morgan fingerprint density at radius 2 is 1.94 bits per heavy atom. The van der Waals surface area contributed by atoms with Crippen LogP contribution >= 0.6 is 0 Å². The van der Waals surface area contributed by atoms with Gasteiger partial charge in [0.15, 0.2) is 0 Å². The number of hydrogen-bond donors (Lipinski definition) is 2. The summed E-state index contributed by atoms with van der Waals surface area (Å²) in [5.41, 5.74) is 5.82. The summed E-state index contributed by atoms with van der Waals surface area (Å²) in [5, 5.41) is 12.0. The quantitative estimate of drug-likeness (QED) is 0.402. The number of nitrogens with zero attached hydrogens (tertiary/aromatic N) is 4. The zero-order valence-electron chi connectivity index (χ0n) is 19.7. The van der Waals surface area contributed by atoms with Crippen LogP contribution in [0.25, 0.3) is 16.6 Å². The van der Waals surface area contributed by atoms with Gasteiger partial charge in [-0.2, -0.15) is 0 Å². The van der Waals surface area contributed by atoms with E-state index in [0.717, 1.165) is 37.2 Å². The summed E-state index contributed by atoms with van der Waals surface area (Å²) >= 11 is 0. The van der Waals surface area contributed by atoms with Gasteiger partial charge in [-0.05, 0) is 86.7 Å². The molecule has 7 heteroatoms. The highest BCUT2D eigenvalue weighted by Gasteiger charge is 2.22. The Balaban J connectivity index is 1.20. The van der Waals surface area contributed by atoms with Crippen molar-refractivity contribution in [2.45, 2.75) is 51.5 Å². The van der Waals surface area contributed by atoms with Crippen LogP contribution in [0.5, 0.6) is 0 Å². The number of H-pyrrole nitrogens is 1. The molecule has 1 atom stereocenters. The number of hydrogen-bond acceptors (Lipinski definition) is 4. The molecule has 4 aromatic rings. The standard InChI is InChI=1S/C27H32N6O/c1-20(34)31-23-9-7-21(8-10-23)15-24-6-2-3-13-32(24)14-4-5-22-17-28-27-12-11-25(16-26(22)27)33-18-29-30-19-33/h7-12,16-19,24,28H,2-6,13-15H2,1H3,(H,31,34). The molecule has 1 saturated heterocycles. The maximum Gasteiger partial charge on any atom is 0.221 e. The smallest absolute Gasteiger partial charge is 0.221 e. The highest BCUT2D eigenvalue weighted by atomic mass is 16.1. The number of piperidine rings is 1. The number of aromatic nitrogens is 4. The lowest BCUT2D eigenvalue weighted by molar-refractivity contribution is -0.114. The van der Waals surface area contributed by atoms with Gasteiger partial charge >= 0.3 is 0 Å². The molecule has 0 radical (unpaired) electrons. The predicted octanol–water partition coefficient (Wildman–Crippen LogP) is 4.74. The first-order valence-electron chi connectivity index (χ1n) is 12.2. The van der Waals surface area contributed by atoms with Crippen molar-refractivity contribution in [2.24, 2.45) is 0 Å². The van der Waals surface area contributed by atoms with E-state index < -0.39 is 0 Å². The van der Waals surface area contributed by atoms with Crippen LogP contribution in [0.4, 0.5) is 5.69 Å². The number of likely N-dealkylation sites (tertiary alicyclic amines) is 1. The molecule has 3 heterocycles. The summed E-state index contributed by atoms with van der Waals surface area (Å²) < 4.78 is 1.94. The first-order chi connectivity index (χ1) is 16.7. The third-order valence-corrected chi connectivity index (χ3v) is 6.85. The molecule has 5 rings (SSSR count). The third kappa shape index (κ3) is 5.20. The summed E-state index contributed by atoms with van der Waals surface area (Å²) in [5.74, 6) is -0.0311. The molecule has 34 heavy (non-hydrogen) atoms. The van der Waals surface area contributed by atoms with E-state index in [-0.39, 0.29) is 5.91 Å². The highest BCUT2D eigenvalue weighted by Crippen LogP contribution is 2.25. The van der Waals surface area contributed by atoms with E-state index in [9.17, 15) is 4.79 Å². The lowest BCUT2D eigenvalue weighted by Gasteiger charge is -2.36. The summed E-state index contributed by atoms with van der Waals surface area (Å²) in [7, 11) is 0. The molecule has 176 valence electrons. The second kappa shape index (κ2) is 10.2. The second-order valence-electron chi connectivity index (χ2n) is 9.28. The van der Waals surface area contributed by atoms with Crippen LogP contribution in [0, 0.1) is 0 Å². The largest absolute Gasteiger partial charge is 0.361 e. The topological polar surface area (TPSA) is 78.8 Å². The minimum atomic E-state index is -0.0311. The highest BCUT2D eigenvalue weighted by molar-refractivity contribution is 5.88. The van der Waals surface area contributed by atoms with Crippen molar-refractivity contribution in [3.8, 4) is 5.69 Å². The Hall–Kier alpha value is -3.45. The van der Waals surface area contributed by atoms with Gasteiger partial charge in [0.25, 0.3) is 0 Å². The number of carbonyl (C=O) groups excluding carboxylic acids is 1. The van der Waals surface area contributed by atoms with Crippen molar-refractivity contribution >= 4 is 22.5 Å². The van der Waals surface area contributed by atoms with Crippen LogP contribution in [0.3, 0.4) is 0 Å². The molecule has 2 aromatic heterocycles. The van der Waals surface area contributed by atoms with E-state index in [2.05, 4.69) is 61.9 Å². The lowest BCUT2D eigenvalue weighted by Crippen LogP contribution is -2.41. The fourth-order valence-electron chi connectivity index (χ4n) is 5.13. The number of nitrogens with one attached hydrogen (secondary N) is 2. The number of amides is 1. The third-order valence-electron chi connectivity index (χ3n) is 6.85. The molecule has 2 aromatic carbocycles. The van der Waals surface area contributed by atoms with Crippen LogP contribution in [0.15, 0.2) is 61.3 Å². The zero-order valence-corrected chi connectivity index (χ0v) is 19.7. The summed E-state index contributed by atoms with van der Waals surface area (Å²) in [6.07, 6.45) is 12.7. The fraction of sp³-hybridized carbons (Fsp3) is 0.370. The number of benzene rings is 2. The van der Waals surface area contributed by atoms with Gasteiger partial charge < -0.3 is 15.2 Å². The number of fused-ring (bicyclic) bond motifs is 1. The van der Waals surface area contributed by atoms with Crippen molar-refractivity contribution in [3.63, 3.8) is 0 Å². The van der Waals surface area contributed by atoms with E-state index in [1.54, 1.807) is 19.6 Å². The van der Waals surface area contributed by atoms with E-state index >= 15 is 0 Å². The molecule has 1 fully saturated rings. The molecular formula is C27H32N6O.